The van der Waals surface area contributed by atoms with E-state index in [1.807, 2.05) is 20.8 Å². The Morgan fingerprint density at radius 3 is 2.00 bits per heavy atom. The molecule has 31 heavy (non-hydrogen) atoms. The summed E-state index contributed by atoms with van der Waals surface area (Å²) in [7, 11) is 14.8. The Morgan fingerprint density at radius 1 is 1.16 bits per heavy atom. The number of rotatable bonds is 2. The average Bonchev–Trinajstić information content (AvgIpc) is 2.61. The highest BCUT2D eigenvalue weighted by atomic mass is 35.8. The SMILES string of the molecule is C=C(C)Cl.CC(C)=C1CC(C=O)C(C)C=C1O.Cc1cc(O)ccc1C=O.[Cl][Al]([Cl])[Cl]. The molecular weight excluding hydrogens is 497 g/mol. The second-order valence-corrected chi connectivity index (χ2v) is 14.1. The van der Waals surface area contributed by atoms with Crippen molar-refractivity contribution in [2.75, 3.05) is 0 Å². The van der Waals surface area contributed by atoms with E-state index < -0.39 is 11.4 Å². The second-order valence-electron chi connectivity index (χ2n) is 6.98. The molecule has 0 fully saturated rings. The van der Waals surface area contributed by atoms with Crippen LogP contribution in [-0.4, -0.2) is 34.2 Å². The van der Waals surface area contributed by atoms with Crippen molar-refractivity contribution >= 4 is 65.7 Å². The molecule has 0 aliphatic heterocycles. The minimum Gasteiger partial charge on any atom is -0.508 e. The van der Waals surface area contributed by atoms with E-state index >= 15 is 0 Å². The molecule has 0 amide bonds. The van der Waals surface area contributed by atoms with Crippen LogP contribution in [0.25, 0.3) is 0 Å². The molecule has 172 valence electrons. The van der Waals surface area contributed by atoms with Crippen molar-refractivity contribution < 1.29 is 19.8 Å². The van der Waals surface area contributed by atoms with Gasteiger partial charge in [-0.2, -0.15) is 0 Å². The van der Waals surface area contributed by atoms with E-state index in [0.29, 0.717) is 22.8 Å². The summed E-state index contributed by atoms with van der Waals surface area (Å²) >= 11 is 3.36. The summed E-state index contributed by atoms with van der Waals surface area (Å²) in [6.45, 7) is 12.7. The van der Waals surface area contributed by atoms with Gasteiger partial charge in [0.2, 0.25) is 0 Å². The van der Waals surface area contributed by atoms with E-state index in [1.165, 1.54) is 6.07 Å². The van der Waals surface area contributed by atoms with Crippen LogP contribution < -0.4 is 0 Å². The topological polar surface area (TPSA) is 74.6 Å². The Hall–Kier alpha value is -0.928. The van der Waals surface area contributed by atoms with Gasteiger partial charge in [-0.1, -0.05) is 30.7 Å². The Bertz CT molecular complexity index is 781. The summed E-state index contributed by atoms with van der Waals surface area (Å²) in [5.74, 6) is 0.732. The first-order chi connectivity index (χ1) is 14.3. The largest absolute Gasteiger partial charge is 0.643 e. The monoisotopic (exact) mass is 524 g/mol. The van der Waals surface area contributed by atoms with Crippen molar-refractivity contribution in [3.05, 3.63) is 63.9 Å². The van der Waals surface area contributed by atoms with Gasteiger partial charge in [-0.05, 0) is 75.4 Å². The number of phenols is 1. The van der Waals surface area contributed by atoms with Crippen molar-refractivity contribution in [1.82, 2.24) is 0 Å². The number of carbonyl (C=O) groups is 2. The van der Waals surface area contributed by atoms with Crippen LogP contribution >= 0.6 is 41.7 Å². The van der Waals surface area contributed by atoms with Crippen LogP contribution in [0.4, 0.5) is 0 Å². The third-order valence-electron chi connectivity index (χ3n) is 4.00. The first-order valence-electron chi connectivity index (χ1n) is 9.27. The Kier molecular flexibility index (Phi) is 18.3. The van der Waals surface area contributed by atoms with E-state index in [4.69, 9.17) is 46.9 Å². The molecule has 2 rings (SSSR count). The van der Waals surface area contributed by atoms with Gasteiger partial charge in [0.25, 0.3) is 0 Å². The number of aliphatic hydroxyl groups is 1. The maximum absolute atomic E-state index is 10.7. The predicted molar refractivity (Wildman–Crippen MR) is 135 cm³/mol. The molecule has 2 atom stereocenters. The molecule has 0 radical (unpaired) electrons. The molecular formula is C22H29AlCl4O4. The number of benzene rings is 1. The standard InChI is InChI=1S/C11H16O2.C8H8O2.C3H5Cl.Al.3ClH/c1-7(2)10-5-9(6-12)8(3)4-11(10)13;1-6-4-8(10)3-2-7(6)5-9;1-3(2)4;;;;/h4,6,8-9,13H,5H2,1-3H3;2-5,10H,1H3;1H2,2H3;;3*1H/q;;;+3;;;/p-3. The van der Waals surface area contributed by atoms with Crippen LogP contribution in [0, 0.1) is 18.8 Å². The zero-order chi connectivity index (χ0) is 24.7. The summed E-state index contributed by atoms with van der Waals surface area (Å²) in [6.07, 6.45) is 4.20. The minimum absolute atomic E-state index is 0.0285. The zero-order valence-corrected chi connectivity index (χ0v) is 22.5. The predicted octanol–water partition coefficient (Wildman–Crippen LogP) is 7.58. The highest BCUT2D eigenvalue weighted by Crippen LogP contribution is 2.31. The van der Waals surface area contributed by atoms with Gasteiger partial charge in [0.15, 0.2) is 0 Å². The van der Waals surface area contributed by atoms with Crippen molar-refractivity contribution in [2.24, 2.45) is 11.8 Å². The first kappa shape index (κ1) is 32.3. The van der Waals surface area contributed by atoms with Gasteiger partial charge in [0.05, 0.1) is 0 Å². The number of hydrogen-bond acceptors (Lipinski definition) is 4. The number of hydrogen-bond donors (Lipinski definition) is 2. The van der Waals surface area contributed by atoms with Crippen molar-refractivity contribution in [3.63, 3.8) is 0 Å². The minimum atomic E-state index is -1.72. The van der Waals surface area contributed by atoms with Crippen LogP contribution in [0.2, 0.25) is 0 Å². The van der Waals surface area contributed by atoms with Gasteiger partial charge in [-0.3, -0.25) is 4.79 Å². The van der Waals surface area contributed by atoms with Gasteiger partial charge in [-0.15, -0.1) is 0 Å². The number of allylic oxidation sites excluding steroid dienone is 4. The van der Waals surface area contributed by atoms with Crippen molar-refractivity contribution in [2.45, 2.75) is 41.0 Å². The van der Waals surface area contributed by atoms with Crippen LogP contribution in [0.3, 0.4) is 0 Å². The molecule has 0 bridgehead atoms. The van der Waals surface area contributed by atoms with Gasteiger partial charge in [0.1, 0.15) is 24.1 Å². The van der Waals surface area contributed by atoms with E-state index in [2.05, 4.69) is 6.58 Å². The van der Waals surface area contributed by atoms with E-state index in [9.17, 15) is 14.7 Å². The maximum Gasteiger partial charge on any atom is 0.643 e. The molecule has 0 spiro atoms. The summed E-state index contributed by atoms with van der Waals surface area (Å²) < 4.78 is 0. The smallest absolute Gasteiger partial charge is 0.508 e. The quantitative estimate of drug-likeness (QED) is 0.308. The molecule has 1 aliphatic rings. The number of aliphatic hydroxyl groups excluding tert-OH is 1. The number of phenolic OH excluding ortho intramolecular Hbond substituents is 1. The lowest BCUT2D eigenvalue weighted by Crippen LogP contribution is -2.18. The molecule has 4 nitrogen and oxygen atoms in total. The van der Waals surface area contributed by atoms with Crippen LogP contribution in [0.1, 0.15) is 50.0 Å². The van der Waals surface area contributed by atoms with Crippen LogP contribution in [0.5, 0.6) is 5.75 Å². The summed E-state index contributed by atoms with van der Waals surface area (Å²) in [5, 5.41) is 19.2. The maximum atomic E-state index is 10.7. The van der Waals surface area contributed by atoms with E-state index in [-0.39, 0.29) is 17.6 Å². The van der Waals surface area contributed by atoms with Gasteiger partial charge in [0, 0.05) is 16.5 Å². The first-order valence-corrected chi connectivity index (χ1v) is 14.9. The van der Waals surface area contributed by atoms with E-state index in [1.54, 1.807) is 32.1 Å². The van der Waals surface area contributed by atoms with Crippen molar-refractivity contribution in [3.8, 4) is 5.75 Å². The molecule has 1 aromatic carbocycles. The number of aryl methyl sites for hydroxylation is 1. The third kappa shape index (κ3) is 16.4. The molecule has 1 aliphatic carbocycles. The average molecular weight is 526 g/mol. The van der Waals surface area contributed by atoms with Crippen LogP contribution in [0.15, 0.2) is 52.8 Å². The number of halogens is 4. The lowest BCUT2D eigenvalue weighted by atomic mass is 9.81. The number of aldehydes is 2. The molecule has 0 aromatic heterocycles. The molecule has 0 heterocycles. The zero-order valence-electron chi connectivity index (χ0n) is 18.3. The Morgan fingerprint density at radius 2 is 1.65 bits per heavy atom. The number of carbonyl (C=O) groups excluding carboxylic acids is 2. The molecule has 0 saturated heterocycles. The molecule has 9 heteroatoms. The van der Waals surface area contributed by atoms with Gasteiger partial charge < -0.3 is 15.0 Å². The van der Waals surface area contributed by atoms with Gasteiger partial charge >= 0.3 is 11.4 Å². The molecule has 1 aromatic rings. The highest BCUT2D eigenvalue weighted by Gasteiger charge is 2.24. The summed E-state index contributed by atoms with van der Waals surface area (Å²) in [6, 6.07) is 4.65. The Labute approximate surface area is 207 Å². The molecule has 2 unspecified atom stereocenters. The molecule has 0 saturated carbocycles. The fourth-order valence-electron chi connectivity index (χ4n) is 2.42. The normalized spacial score (nSPS) is 16.5. The lowest BCUT2D eigenvalue weighted by molar-refractivity contribution is -0.112. The summed E-state index contributed by atoms with van der Waals surface area (Å²) in [5.41, 5.74) is 3.44. The van der Waals surface area contributed by atoms with Crippen molar-refractivity contribution in [1.29, 1.82) is 0 Å². The van der Waals surface area contributed by atoms with Crippen LogP contribution in [-0.2, 0) is 4.79 Å². The molecule has 2 N–H and O–H groups in total. The number of aromatic hydroxyl groups is 1. The fraction of sp³-hybridized carbons (Fsp3) is 0.364. The Balaban J connectivity index is 0. The third-order valence-corrected chi connectivity index (χ3v) is 4.00. The highest BCUT2D eigenvalue weighted by molar-refractivity contribution is 7.54. The summed E-state index contributed by atoms with van der Waals surface area (Å²) in [4.78, 5) is 21.0. The van der Waals surface area contributed by atoms with Gasteiger partial charge in [-0.25, -0.2) is 30.1 Å². The second kappa shape index (κ2) is 17.6. The van der Waals surface area contributed by atoms with E-state index in [0.717, 1.165) is 29.3 Å². The lowest BCUT2D eigenvalue weighted by Gasteiger charge is -2.24. The fourth-order valence-corrected chi connectivity index (χ4v) is 2.42.